The molecule has 0 aliphatic carbocycles. The van der Waals surface area contributed by atoms with Gasteiger partial charge in [0.1, 0.15) is 12.0 Å². The van der Waals surface area contributed by atoms with Crippen LogP contribution in [0.3, 0.4) is 0 Å². The molecule has 1 aliphatic rings. The molecular formula is C9H8N2O4. The van der Waals surface area contributed by atoms with Crippen LogP contribution < -0.4 is 10.6 Å². The summed E-state index contributed by atoms with van der Waals surface area (Å²) in [4.78, 5) is 43.0. The molecule has 15 heavy (non-hydrogen) atoms. The van der Waals surface area contributed by atoms with E-state index in [2.05, 4.69) is 5.32 Å². The fraction of sp³-hybridized carbons (Fsp3) is 0.111. The molecule has 0 radical (unpaired) electrons. The van der Waals surface area contributed by atoms with E-state index < -0.39 is 17.7 Å². The lowest BCUT2D eigenvalue weighted by molar-refractivity contribution is -0.125. The first kappa shape index (κ1) is 10.8. The molecule has 0 aromatic heterocycles. The molecule has 0 aromatic carbocycles. The van der Waals surface area contributed by atoms with Crippen molar-refractivity contribution in [3.8, 4) is 0 Å². The molecule has 6 heteroatoms. The number of allylic oxidation sites excluding steroid dienone is 1. The Labute approximate surface area is 85.0 Å². The van der Waals surface area contributed by atoms with Crippen molar-refractivity contribution in [2.24, 2.45) is 0 Å². The Balaban J connectivity index is 2.71. The number of amides is 3. The molecule has 0 spiro atoms. The van der Waals surface area contributed by atoms with Crippen LogP contribution in [0.4, 0.5) is 0 Å². The number of rotatable bonds is 3. The molecule has 0 unspecified atom stereocenters. The van der Waals surface area contributed by atoms with Gasteiger partial charge in [0.25, 0.3) is 17.7 Å². The second kappa shape index (κ2) is 4.32. The van der Waals surface area contributed by atoms with Gasteiger partial charge in [-0.25, -0.2) is 0 Å². The zero-order chi connectivity index (χ0) is 11.4. The summed E-state index contributed by atoms with van der Waals surface area (Å²) in [7, 11) is 0. The predicted octanol–water partition coefficient (Wildman–Crippen LogP) is -1.21. The molecule has 3 amide bonds. The quantitative estimate of drug-likeness (QED) is 0.345. The van der Waals surface area contributed by atoms with Gasteiger partial charge in [0.2, 0.25) is 0 Å². The van der Waals surface area contributed by atoms with Crippen molar-refractivity contribution < 1.29 is 19.2 Å². The summed E-state index contributed by atoms with van der Waals surface area (Å²) in [5.74, 6) is -1.84. The van der Waals surface area contributed by atoms with Crippen LogP contribution in [0.1, 0.15) is 6.92 Å². The number of carbonyl (C=O) groups is 4. The van der Waals surface area contributed by atoms with Crippen molar-refractivity contribution in [1.82, 2.24) is 10.6 Å². The van der Waals surface area contributed by atoms with Crippen LogP contribution in [0.2, 0.25) is 0 Å². The maximum Gasteiger partial charge on any atom is 0.274 e. The highest BCUT2D eigenvalue weighted by atomic mass is 16.2. The van der Waals surface area contributed by atoms with Crippen molar-refractivity contribution in [2.75, 3.05) is 0 Å². The second-order valence-electron chi connectivity index (χ2n) is 2.82. The molecule has 2 N–H and O–H groups in total. The molecule has 0 fully saturated rings. The molecule has 1 rings (SSSR count). The van der Waals surface area contributed by atoms with Crippen molar-refractivity contribution >= 4 is 24.0 Å². The zero-order valence-electron chi connectivity index (χ0n) is 7.87. The van der Waals surface area contributed by atoms with E-state index in [1.54, 1.807) is 0 Å². The average molecular weight is 208 g/mol. The lowest BCUT2D eigenvalue weighted by Crippen LogP contribution is -2.31. The fourth-order valence-electron chi connectivity index (χ4n) is 0.903. The van der Waals surface area contributed by atoms with Gasteiger partial charge in [0.05, 0.1) is 0 Å². The number of carbonyl (C=O) groups excluding carboxylic acids is 4. The maximum absolute atomic E-state index is 11.3. The Morgan fingerprint density at radius 2 is 2.13 bits per heavy atom. The minimum absolute atomic E-state index is 0.122. The third kappa shape index (κ3) is 2.60. The first-order chi connectivity index (χ1) is 7.04. The topological polar surface area (TPSA) is 92.3 Å². The number of hydrogen-bond donors (Lipinski definition) is 2. The SMILES string of the molecule is C/C(=C/C=O)C(=O)NC1=CC(=O)NC1=O. The molecule has 1 aliphatic heterocycles. The minimum Gasteiger partial charge on any atom is -0.317 e. The van der Waals surface area contributed by atoms with Crippen molar-refractivity contribution in [2.45, 2.75) is 6.92 Å². The van der Waals surface area contributed by atoms with E-state index in [0.717, 1.165) is 12.2 Å². The van der Waals surface area contributed by atoms with E-state index in [1.165, 1.54) is 6.92 Å². The van der Waals surface area contributed by atoms with Gasteiger partial charge in [-0.05, 0) is 13.0 Å². The lowest BCUT2D eigenvalue weighted by atomic mass is 10.2. The van der Waals surface area contributed by atoms with Gasteiger partial charge in [-0.1, -0.05) is 0 Å². The first-order valence-electron chi connectivity index (χ1n) is 4.05. The van der Waals surface area contributed by atoms with Crippen LogP contribution >= 0.6 is 0 Å². The Hall–Kier alpha value is -2.24. The van der Waals surface area contributed by atoms with Gasteiger partial charge >= 0.3 is 0 Å². The summed E-state index contributed by atoms with van der Waals surface area (Å²) in [5.41, 5.74) is 0.0293. The van der Waals surface area contributed by atoms with E-state index in [1.807, 2.05) is 5.32 Å². The molecule has 0 saturated carbocycles. The first-order valence-corrected chi connectivity index (χ1v) is 4.05. The van der Waals surface area contributed by atoms with E-state index >= 15 is 0 Å². The molecular weight excluding hydrogens is 200 g/mol. The fourth-order valence-corrected chi connectivity index (χ4v) is 0.903. The minimum atomic E-state index is -0.660. The third-order valence-corrected chi connectivity index (χ3v) is 1.68. The monoisotopic (exact) mass is 208 g/mol. The Morgan fingerprint density at radius 3 is 2.60 bits per heavy atom. The van der Waals surface area contributed by atoms with Gasteiger partial charge in [-0.3, -0.25) is 24.5 Å². The van der Waals surface area contributed by atoms with E-state index in [9.17, 15) is 19.2 Å². The van der Waals surface area contributed by atoms with Gasteiger partial charge in [-0.2, -0.15) is 0 Å². The van der Waals surface area contributed by atoms with Gasteiger partial charge in [0.15, 0.2) is 0 Å². The van der Waals surface area contributed by atoms with Gasteiger partial charge in [0, 0.05) is 11.6 Å². The zero-order valence-corrected chi connectivity index (χ0v) is 7.87. The molecule has 0 atom stereocenters. The highest BCUT2D eigenvalue weighted by Gasteiger charge is 2.22. The summed E-state index contributed by atoms with van der Waals surface area (Å²) in [6.45, 7) is 1.42. The largest absolute Gasteiger partial charge is 0.317 e. The summed E-state index contributed by atoms with van der Waals surface area (Å²) >= 11 is 0. The Bertz CT molecular complexity index is 406. The average Bonchev–Trinajstić information content (AvgIpc) is 2.45. The van der Waals surface area contributed by atoms with Crippen LogP contribution in [-0.2, 0) is 19.2 Å². The molecule has 0 saturated heterocycles. The number of aldehydes is 1. The van der Waals surface area contributed by atoms with Crippen LogP contribution in [0.15, 0.2) is 23.4 Å². The van der Waals surface area contributed by atoms with Gasteiger partial charge in [-0.15, -0.1) is 0 Å². The summed E-state index contributed by atoms with van der Waals surface area (Å²) in [6, 6.07) is 0. The van der Waals surface area contributed by atoms with Crippen LogP contribution in [-0.4, -0.2) is 24.0 Å². The predicted molar refractivity (Wildman–Crippen MR) is 49.2 cm³/mol. The smallest absolute Gasteiger partial charge is 0.274 e. The Morgan fingerprint density at radius 1 is 1.47 bits per heavy atom. The summed E-state index contributed by atoms with van der Waals surface area (Å²) in [5, 5.41) is 4.17. The lowest BCUT2D eigenvalue weighted by Gasteiger charge is -2.02. The summed E-state index contributed by atoms with van der Waals surface area (Å²) < 4.78 is 0. The molecule has 0 aromatic rings. The third-order valence-electron chi connectivity index (χ3n) is 1.68. The highest BCUT2D eigenvalue weighted by molar-refractivity contribution is 6.18. The number of hydrogen-bond acceptors (Lipinski definition) is 4. The molecule has 78 valence electrons. The Kier molecular flexibility index (Phi) is 3.12. The van der Waals surface area contributed by atoms with E-state index in [-0.39, 0.29) is 11.3 Å². The van der Waals surface area contributed by atoms with Crippen molar-refractivity contribution in [1.29, 1.82) is 0 Å². The van der Waals surface area contributed by atoms with Crippen molar-refractivity contribution in [3.63, 3.8) is 0 Å². The standard InChI is InChI=1S/C9H8N2O4/c1-5(2-3-12)8(14)10-6-4-7(13)11-9(6)15/h2-4H,1H3,(H2,10,11,13,14,15)/b5-2-. The normalized spacial score (nSPS) is 15.8. The van der Waals surface area contributed by atoms with Crippen LogP contribution in [0.5, 0.6) is 0 Å². The van der Waals surface area contributed by atoms with E-state index in [4.69, 9.17) is 0 Å². The second-order valence-corrected chi connectivity index (χ2v) is 2.82. The molecule has 6 nitrogen and oxygen atoms in total. The van der Waals surface area contributed by atoms with Crippen molar-refractivity contribution in [3.05, 3.63) is 23.4 Å². The van der Waals surface area contributed by atoms with Crippen LogP contribution in [0.25, 0.3) is 0 Å². The van der Waals surface area contributed by atoms with E-state index in [0.29, 0.717) is 6.29 Å². The van der Waals surface area contributed by atoms with Crippen LogP contribution in [0, 0.1) is 0 Å². The number of imide groups is 1. The maximum atomic E-state index is 11.3. The number of nitrogens with one attached hydrogen (secondary N) is 2. The molecule has 1 heterocycles. The summed E-state index contributed by atoms with van der Waals surface area (Å²) in [6.07, 6.45) is 2.50. The molecule has 0 bridgehead atoms. The van der Waals surface area contributed by atoms with Gasteiger partial charge < -0.3 is 5.32 Å². The highest BCUT2D eigenvalue weighted by Crippen LogP contribution is 2.00.